The van der Waals surface area contributed by atoms with E-state index in [4.69, 9.17) is 10.3 Å². The highest BCUT2D eigenvalue weighted by molar-refractivity contribution is 5.67. The van der Waals surface area contributed by atoms with Crippen molar-refractivity contribution in [3.8, 4) is 11.3 Å². The van der Waals surface area contributed by atoms with Crippen molar-refractivity contribution >= 4 is 5.82 Å². The van der Waals surface area contributed by atoms with Crippen LogP contribution in [0, 0.1) is 11.6 Å². The summed E-state index contributed by atoms with van der Waals surface area (Å²) in [5, 5.41) is 3.52. The van der Waals surface area contributed by atoms with Crippen molar-refractivity contribution in [3.63, 3.8) is 0 Å². The number of nitrogens with two attached hydrogens (primary N) is 1. The predicted octanol–water partition coefficient (Wildman–Crippen LogP) is 2.76. The van der Waals surface area contributed by atoms with E-state index in [2.05, 4.69) is 5.16 Å². The van der Waals surface area contributed by atoms with E-state index >= 15 is 0 Å². The Morgan fingerprint density at radius 2 is 1.94 bits per heavy atom. The lowest BCUT2D eigenvalue weighted by Crippen LogP contribution is -1.94. The molecule has 1 aromatic carbocycles. The quantitative estimate of drug-likeness (QED) is 0.853. The molecule has 0 amide bonds. The molecule has 2 aromatic rings. The highest BCUT2D eigenvalue weighted by atomic mass is 19.1. The minimum Gasteiger partial charge on any atom is -0.381 e. The highest BCUT2D eigenvalue weighted by Crippen LogP contribution is 2.31. The van der Waals surface area contributed by atoms with Gasteiger partial charge in [0, 0.05) is 5.56 Å². The van der Waals surface area contributed by atoms with Crippen LogP contribution in [0.3, 0.4) is 0 Å². The van der Waals surface area contributed by atoms with Crippen molar-refractivity contribution in [2.75, 3.05) is 5.73 Å². The zero-order valence-corrected chi connectivity index (χ0v) is 8.63. The number of nitrogen functional groups attached to an aromatic ring is 1. The minimum absolute atomic E-state index is 0.0654. The number of hydrogen-bond donors (Lipinski definition) is 1. The van der Waals surface area contributed by atoms with E-state index in [1.807, 2.05) is 6.92 Å². The number of nitrogens with zero attached hydrogens (tertiary/aromatic N) is 1. The molecule has 1 aromatic heterocycles. The zero-order valence-electron chi connectivity index (χ0n) is 8.63. The van der Waals surface area contributed by atoms with Gasteiger partial charge in [0.15, 0.2) is 11.6 Å². The number of anilines is 1. The van der Waals surface area contributed by atoms with E-state index in [0.29, 0.717) is 12.0 Å². The van der Waals surface area contributed by atoms with Crippen LogP contribution in [0.5, 0.6) is 0 Å². The van der Waals surface area contributed by atoms with Gasteiger partial charge in [-0.2, -0.15) is 0 Å². The molecule has 16 heavy (non-hydrogen) atoms. The van der Waals surface area contributed by atoms with Gasteiger partial charge in [-0.3, -0.25) is 0 Å². The van der Waals surface area contributed by atoms with Crippen molar-refractivity contribution in [1.29, 1.82) is 0 Å². The lowest BCUT2D eigenvalue weighted by atomic mass is 10.1. The molecular formula is C11H10F2N2O. The SMILES string of the molecule is CCc1c(N)noc1-c1c(F)cccc1F. The number of rotatable bonds is 2. The first-order valence-electron chi connectivity index (χ1n) is 4.83. The number of halogens is 2. The van der Waals surface area contributed by atoms with Gasteiger partial charge in [-0.1, -0.05) is 18.1 Å². The fourth-order valence-electron chi connectivity index (χ4n) is 1.57. The number of hydrogen-bond acceptors (Lipinski definition) is 3. The lowest BCUT2D eigenvalue weighted by molar-refractivity contribution is 0.429. The first-order chi connectivity index (χ1) is 7.65. The van der Waals surface area contributed by atoms with Gasteiger partial charge in [0.2, 0.25) is 0 Å². The Kier molecular flexibility index (Phi) is 2.60. The summed E-state index contributed by atoms with van der Waals surface area (Å²) >= 11 is 0. The summed E-state index contributed by atoms with van der Waals surface area (Å²) in [5.74, 6) is -1.15. The Morgan fingerprint density at radius 3 is 2.50 bits per heavy atom. The zero-order chi connectivity index (χ0) is 11.7. The van der Waals surface area contributed by atoms with Gasteiger partial charge in [0.1, 0.15) is 11.6 Å². The molecule has 0 aliphatic rings. The van der Waals surface area contributed by atoms with Crippen LogP contribution >= 0.6 is 0 Å². The van der Waals surface area contributed by atoms with Crippen molar-refractivity contribution in [2.24, 2.45) is 0 Å². The second kappa shape index (κ2) is 3.92. The van der Waals surface area contributed by atoms with Crippen LogP contribution < -0.4 is 5.73 Å². The van der Waals surface area contributed by atoms with Crippen LogP contribution in [-0.2, 0) is 6.42 Å². The molecule has 0 aliphatic carbocycles. The monoisotopic (exact) mass is 224 g/mol. The van der Waals surface area contributed by atoms with E-state index < -0.39 is 11.6 Å². The third-order valence-corrected chi connectivity index (χ3v) is 2.36. The average molecular weight is 224 g/mol. The topological polar surface area (TPSA) is 52.0 Å². The number of aromatic nitrogens is 1. The molecule has 0 spiro atoms. The van der Waals surface area contributed by atoms with Gasteiger partial charge >= 0.3 is 0 Å². The lowest BCUT2D eigenvalue weighted by Gasteiger charge is -2.02. The molecule has 3 nitrogen and oxygen atoms in total. The van der Waals surface area contributed by atoms with Gasteiger partial charge in [0.25, 0.3) is 0 Å². The molecule has 0 saturated carbocycles. The van der Waals surface area contributed by atoms with Gasteiger partial charge in [-0.05, 0) is 18.6 Å². The van der Waals surface area contributed by atoms with E-state index in [0.717, 1.165) is 12.1 Å². The molecule has 0 radical (unpaired) electrons. The van der Waals surface area contributed by atoms with E-state index in [-0.39, 0.29) is 17.1 Å². The third-order valence-electron chi connectivity index (χ3n) is 2.36. The molecule has 2 N–H and O–H groups in total. The van der Waals surface area contributed by atoms with Crippen LogP contribution in [0.1, 0.15) is 12.5 Å². The Bertz CT molecular complexity index is 502. The van der Waals surface area contributed by atoms with E-state index in [9.17, 15) is 8.78 Å². The maximum atomic E-state index is 13.5. The summed E-state index contributed by atoms with van der Waals surface area (Å²) < 4.78 is 31.9. The first kappa shape index (κ1) is 10.6. The molecule has 1 heterocycles. The maximum Gasteiger partial charge on any atom is 0.178 e. The van der Waals surface area contributed by atoms with Crippen molar-refractivity contribution in [1.82, 2.24) is 5.16 Å². The van der Waals surface area contributed by atoms with E-state index in [1.165, 1.54) is 6.07 Å². The van der Waals surface area contributed by atoms with Gasteiger partial charge in [0.05, 0.1) is 5.56 Å². The second-order valence-electron chi connectivity index (χ2n) is 3.33. The number of benzene rings is 1. The second-order valence-corrected chi connectivity index (χ2v) is 3.33. The van der Waals surface area contributed by atoms with Crippen LogP contribution in [0.4, 0.5) is 14.6 Å². The Hall–Kier alpha value is -1.91. The summed E-state index contributed by atoms with van der Waals surface area (Å²) in [5.41, 5.74) is 5.84. The molecule has 0 bridgehead atoms. The molecule has 2 rings (SSSR count). The van der Waals surface area contributed by atoms with Gasteiger partial charge in [-0.15, -0.1) is 0 Å². The fourth-order valence-corrected chi connectivity index (χ4v) is 1.57. The summed E-state index contributed by atoms with van der Waals surface area (Å²) in [6, 6.07) is 3.62. The first-order valence-corrected chi connectivity index (χ1v) is 4.83. The minimum atomic E-state index is -0.689. The normalized spacial score (nSPS) is 10.7. The van der Waals surface area contributed by atoms with Crippen LogP contribution in [0.2, 0.25) is 0 Å². The molecule has 5 heteroatoms. The third kappa shape index (κ3) is 1.54. The van der Waals surface area contributed by atoms with Crippen LogP contribution in [0.25, 0.3) is 11.3 Å². The van der Waals surface area contributed by atoms with Gasteiger partial charge in [-0.25, -0.2) is 8.78 Å². The summed E-state index contributed by atoms with van der Waals surface area (Å²) in [6.07, 6.45) is 0.498. The highest BCUT2D eigenvalue weighted by Gasteiger charge is 2.20. The Morgan fingerprint density at radius 1 is 1.31 bits per heavy atom. The summed E-state index contributed by atoms with van der Waals surface area (Å²) in [7, 11) is 0. The Labute approximate surface area is 90.9 Å². The summed E-state index contributed by atoms with van der Waals surface area (Å²) in [4.78, 5) is 0. The fraction of sp³-hybridized carbons (Fsp3) is 0.182. The molecular weight excluding hydrogens is 214 g/mol. The molecule has 84 valence electrons. The van der Waals surface area contributed by atoms with Crippen molar-refractivity contribution in [3.05, 3.63) is 35.4 Å². The molecule has 0 unspecified atom stereocenters. The van der Waals surface area contributed by atoms with E-state index in [1.54, 1.807) is 0 Å². The largest absolute Gasteiger partial charge is 0.381 e. The average Bonchev–Trinajstić information content (AvgIpc) is 2.59. The van der Waals surface area contributed by atoms with Crippen LogP contribution in [-0.4, -0.2) is 5.16 Å². The van der Waals surface area contributed by atoms with Gasteiger partial charge < -0.3 is 10.3 Å². The summed E-state index contributed by atoms with van der Waals surface area (Å²) in [6.45, 7) is 1.81. The molecule has 0 atom stereocenters. The Balaban J connectivity index is 2.67. The van der Waals surface area contributed by atoms with Crippen molar-refractivity contribution in [2.45, 2.75) is 13.3 Å². The molecule has 0 saturated heterocycles. The smallest absolute Gasteiger partial charge is 0.178 e. The molecule has 0 aliphatic heterocycles. The predicted molar refractivity (Wildman–Crippen MR) is 55.6 cm³/mol. The maximum absolute atomic E-state index is 13.5. The van der Waals surface area contributed by atoms with Crippen LogP contribution in [0.15, 0.2) is 22.7 Å². The standard InChI is InChI=1S/C11H10F2N2O/c1-2-6-10(16-15-11(6)14)9-7(12)4-3-5-8(9)13/h3-5H,2H2,1H3,(H2,14,15). The van der Waals surface area contributed by atoms with Crippen molar-refractivity contribution < 1.29 is 13.3 Å². The molecule has 0 fully saturated rings.